The summed E-state index contributed by atoms with van der Waals surface area (Å²) in [5.74, 6) is 0.558. The fourth-order valence-electron chi connectivity index (χ4n) is 1.22. The zero-order chi connectivity index (χ0) is 12.7. The van der Waals surface area contributed by atoms with E-state index in [2.05, 4.69) is 5.32 Å². The lowest BCUT2D eigenvalue weighted by molar-refractivity contribution is -0.0326. The van der Waals surface area contributed by atoms with Crippen molar-refractivity contribution in [2.45, 2.75) is 16.9 Å². The van der Waals surface area contributed by atoms with Gasteiger partial charge >= 0.3 is 5.51 Å². The van der Waals surface area contributed by atoms with Crippen LogP contribution in [0.5, 0.6) is 0 Å². The topological polar surface area (TPSA) is 12.0 Å². The van der Waals surface area contributed by atoms with Gasteiger partial charge in [0.1, 0.15) is 0 Å². The molecule has 96 valence electrons. The van der Waals surface area contributed by atoms with Gasteiger partial charge in [-0.1, -0.05) is 23.9 Å². The van der Waals surface area contributed by atoms with Crippen LogP contribution >= 0.6 is 23.5 Å². The van der Waals surface area contributed by atoms with Crippen molar-refractivity contribution in [1.82, 2.24) is 5.32 Å². The molecule has 1 N–H and O–H groups in total. The van der Waals surface area contributed by atoms with Crippen LogP contribution in [0.2, 0.25) is 0 Å². The van der Waals surface area contributed by atoms with Gasteiger partial charge < -0.3 is 5.32 Å². The van der Waals surface area contributed by atoms with Crippen LogP contribution in [0.25, 0.3) is 0 Å². The van der Waals surface area contributed by atoms with Crippen LogP contribution in [0.3, 0.4) is 0 Å². The minimum atomic E-state index is -4.11. The second-order valence-corrected chi connectivity index (χ2v) is 5.65. The van der Waals surface area contributed by atoms with Gasteiger partial charge in [-0.15, -0.1) is 11.8 Å². The Morgan fingerprint density at radius 1 is 1.12 bits per heavy atom. The minimum absolute atomic E-state index is 0.0333. The number of benzene rings is 1. The van der Waals surface area contributed by atoms with Crippen LogP contribution in [0.15, 0.2) is 29.2 Å². The monoisotopic (exact) mass is 281 g/mol. The van der Waals surface area contributed by atoms with Gasteiger partial charge in [-0.3, -0.25) is 0 Å². The highest BCUT2D eigenvalue weighted by Gasteiger charge is 2.27. The molecule has 6 heteroatoms. The van der Waals surface area contributed by atoms with Crippen molar-refractivity contribution in [3.8, 4) is 0 Å². The fraction of sp³-hybridized carbons (Fsp3) is 0.455. The van der Waals surface area contributed by atoms with Crippen molar-refractivity contribution in [2.24, 2.45) is 0 Å². The van der Waals surface area contributed by atoms with Gasteiger partial charge in [0.15, 0.2) is 0 Å². The molecule has 0 heterocycles. The lowest BCUT2D eigenvalue weighted by Crippen LogP contribution is -2.04. The number of hydrogen-bond acceptors (Lipinski definition) is 3. The lowest BCUT2D eigenvalue weighted by Gasteiger charge is -2.06. The number of alkyl halides is 3. The van der Waals surface area contributed by atoms with Gasteiger partial charge in [-0.2, -0.15) is 13.2 Å². The summed E-state index contributed by atoms with van der Waals surface area (Å²) in [4.78, 5) is 1.01. The quantitative estimate of drug-likeness (QED) is 0.630. The van der Waals surface area contributed by atoms with E-state index in [9.17, 15) is 13.2 Å². The summed E-state index contributed by atoms with van der Waals surface area (Å²) < 4.78 is 35.6. The summed E-state index contributed by atoms with van der Waals surface area (Å²) in [7, 11) is 1.87. The molecule has 1 aromatic rings. The van der Waals surface area contributed by atoms with E-state index in [0.29, 0.717) is 5.75 Å². The first-order chi connectivity index (χ1) is 8.01. The highest BCUT2D eigenvalue weighted by atomic mass is 32.2. The molecule has 0 bridgehead atoms. The number of rotatable bonds is 6. The Hall–Kier alpha value is -0.330. The Morgan fingerprint density at radius 2 is 1.76 bits per heavy atom. The van der Waals surface area contributed by atoms with E-state index in [4.69, 9.17) is 0 Å². The number of nitrogens with one attached hydrogen (secondary N) is 1. The Balaban J connectivity index is 2.27. The van der Waals surface area contributed by atoms with Crippen molar-refractivity contribution >= 4 is 23.5 Å². The first kappa shape index (κ1) is 14.7. The van der Waals surface area contributed by atoms with Crippen LogP contribution in [0.4, 0.5) is 13.2 Å². The van der Waals surface area contributed by atoms with Gasteiger partial charge in [-0.25, -0.2) is 0 Å². The predicted molar refractivity (Wildman–Crippen MR) is 68.4 cm³/mol. The Labute approximate surface area is 108 Å². The molecule has 0 unspecified atom stereocenters. The SMILES string of the molecule is CNCc1ccc(SCCSC(F)(F)F)cc1. The smallest absolute Gasteiger partial charge is 0.316 e. The molecular weight excluding hydrogens is 267 g/mol. The van der Waals surface area contributed by atoms with Gasteiger partial charge in [0.05, 0.1) is 0 Å². The first-order valence-corrected chi connectivity index (χ1v) is 7.05. The van der Waals surface area contributed by atoms with Gasteiger partial charge in [0, 0.05) is 22.9 Å². The Morgan fingerprint density at radius 3 is 2.29 bits per heavy atom. The number of hydrogen-bond donors (Lipinski definition) is 1. The molecule has 1 rings (SSSR count). The summed E-state index contributed by atoms with van der Waals surface area (Å²) in [5, 5.41) is 3.04. The molecule has 0 aliphatic rings. The lowest BCUT2D eigenvalue weighted by atomic mass is 10.2. The Kier molecular flexibility index (Phi) is 6.22. The van der Waals surface area contributed by atoms with Gasteiger partial charge in [0.2, 0.25) is 0 Å². The van der Waals surface area contributed by atoms with Crippen LogP contribution in [-0.2, 0) is 6.54 Å². The average Bonchev–Trinajstić information content (AvgIpc) is 2.26. The highest BCUT2D eigenvalue weighted by molar-refractivity contribution is 8.03. The summed E-state index contributed by atoms with van der Waals surface area (Å²) >= 11 is 1.48. The molecule has 0 fully saturated rings. The standard InChI is InChI=1S/C11H14F3NS2/c1-15-8-9-2-4-10(5-3-9)16-6-7-17-11(12,13)14/h2-5,15H,6-8H2,1H3. The molecule has 0 saturated carbocycles. The molecule has 0 aliphatic carbocycles. The zero-order valence-electron chi connectivity index (χ0n) is 9.38. The van der Waals surface area contributed by atoms with Crippen molar-refractivity contribution in [1.29, 1.82) is 0 Å². The predicted octanol–water partition coefficient (Wildman–Crippen LogP) is 3.75. The third kappa shape index (κ3) is 6.85. The van der Waals surface area contributed by atoms with Crippen LogP contribution in [-0.4, -0.2) is 24.1 Å². The first-order valence-electron chi connectivity index (χ1n) is 5.08. The summed E-state index contributed by atoms with van der Waals surface area (Å²) in [6.07, 6.45) is 0. The van der Waals surface area contributed by atoms with Crippen LogP contribution in [0.1, 0.15) is 5.56 Å². The molecule has 0 amide bonds. The molecule has 0 radical (unpaired) electrons. The number of thioether (sulfide) groups is 2. The van der Waals surface area contributed by atoms with Gasteiger partial charge in [0.25, 0.3) is 0 Å². The second-order valence-electron chi connectivity index (χ2n) is 3.32. The molecule has 1 nitrogen and oxygen atoms in total. The van der Waals surface area contributed by atoms with E-state index in [-0.39, 0.29) is 17.5 Å². The summed E-state index contributed by atoms with van der Waals surface area (Å²) in [6.45, 7) is 0.800. The van der Waals surface area contributed by atoms with E-state index in [1.165, 1.54) is 17.3 Å². The molecule has 1 aromatic carbocycles. The van der Waals surface area contributed by atoms with Crippen molar-refractivity contribution in [3.05, 3.63) is 29.8 Å². The largest absolute Gasteiger partial charge is 0.441 e. The average molecular weight is 281 g/mol. The summed E-state index contributed by atoms with van der Waals surface area (Å²) in [5.41, 5.74) is -2.95. The van der Waals surface area contributed by atoms with Crippen molar-refractivity contribution < 1.29 is 13.2 Å². The maximum atomic E-state index is 11.9. The van der Waals surface area contributed by atoms with E-state index in [1.807, 2.05) is 31.3 Å². The van der Waals surface area contributed by atoms with Crippen LogP contribution < -0.4 is 5.32 Å². The number of halogens is 3. The molecule has 0 atom stereocenters. The van der Waals surface area contributed by atoms with E-state index in [1.54, 1.807) is 0 Å². The van der Waals surface area contributed by atoms with Crippen molar-refractivity contribution in [2.75, 3.05) is 18.6 Å². The molecule has 0 aromatic heterocycles. The van der Waals surface area contributed by atoms with E-state index < -0.39 is 5.51 Å². The molecule has 0 spiro atoms. The second kappa shape index (κ2) is 7.18. The molecule has 17 heavy (non-hydrogen) atoms. The van der Waals surface area contributed by atoms with Crippen molar-refractivity contribution in [3.63, 3.8) is 0 Å². The molecule has 0 saturated heterocycles. The third-order valence-corrected chi connectivity index (χ3v) is 3.93. The zero-order valence-corrected chi connectivity index (χ0v) is 11.0. The van der Waals surface area contributed by atoms with E-state index >= 15 is 0 Å². The molecule has 0 aliphatic heterocycles. The molecular formula is C11H14F3NS2. The Bertz CT molecular complexity index is 324. The normalized spacial score (nSPS) is 11.8. The minimum Gasteiger partial charge on any atom is -0.316 e. The maximum absolute atomic E-state index is 11.9. The summed E-state index contributed by atoms with van der Waals surface area (Å²) in [6, 6.07) is 7.84. The van der Waals surface area contributed by atoms with Gasteiger partial charge in [-0.05, 0) is 24.7 Å². The highest BCUT2D eigenvalue weighted by Crippen LogP contribution is 2.31. The van der Waals surface area contributed by atoms with E-state index in [0.717, 1.165) is 11.4 Å². The maximum Gasteiger partial charge on any atom is 0.441 e. The fourth-order valence-corrected chi connectivity index (χ4v) is 2.69. The third-order valence-electron chi connectivity index (χ3n) is 1.92. The van der Waals surface area contributed by atoms with Crippen LogP contribution in [0, 0.1) is 0 Å².